The van der Waals surface area contributed by atoms with Gasteiger partial charge in [0.15, 0.2) is 5.54 Å². The summed E-state index contributed by atoms with van der Waals surface area (Å²) in [6.45, 7) is 0.787. The van der Waals surface area contributed by atoms with Gasteiger partial charge in [-0.1, -0.05) is 0 Å². The van der Waals surface area contributed by atoms with E-state index in [2.05, 4.69) is 15.3 Å². The van der Waals surface area contributed by atoms with E-state index < -0.39 is 23.1 Å². The molecule has 27 heavy (non-hydrogen) atoms. The lowest BCUT2D eigenvalue weighted by molar-refractivity contribution is -0.570. The second kappa shape index (κ2) is 6.90. The van der Waals surface area contributed by atoms with E-state index in [1.54, 1.807) is 6.07 Å². The molecule has 2 atom stereocenters. The molecule has 1 fully saturated rings. The number of amides is 1. The molecule has 2 aliphatic heterocycles. The smallest absolute Gasteiger partial charge is 0.302 e. The minimum Gasteiger partial charge on any atom is -0.376 e. The highest BCUT2D eigenvalue weighted by atomic mass is 32.2. The Balaban J connectivity index is 1.67. The number of pyridine rings is 1. The summed E-state index contributed by atoms with van der Waals surface area (Å²) < 4.78 is 33.3. The van der Waals surface area contributed by atoms with Crippen molar-refractivity contribution in [2.75, 3.05) is 24.3 Å². The van der Waals surface area contributed by atoms with Crippen LogP contribution in [0, 0.1) is 17.6 Å². The molecular weight excluding hydrogens is 374 g/mol. The van der Waals surface area contributed by atoms with Crippen LogP contribution in [-0.2, 0) is 10.3 Å². The Morgan fingerprint density at radius 2 is 2.22 bits per heavy atom. The number of halogens is 2. The fraction of sp³-hybridized carbons (Fsp3) is 0.278. The third kappa shape index (κ3) is 3.28. The highest BCUT2D eigenvalue weighted by Gasteiger charge is 2.51. The summed E-state index contributed by atoms with van der Waals surface area (Å²) in [6.07, 6.45) is 0.965. The van der Waals surface area contributed by atoms with Crippen molar-refractivity contribution < 1.29 is 23.3 Å². The normalized spacial score (nSPS) is 24.2. The predicted octanol–water partition coefficient (Wildman–Crippen LogP) is 0.596. The Morgan fingerprint density at radius 3 is 3.00 bits per heavy atom. The minimum absolute atomic E-state index is 0.0500. The number of carbonyl (C=O) groups is 1. The molecule has 1 saturated heterocycles. The molecule has 3 heterocycles. The van der Waals surface area contributed by atoms with Crippen LogP contribution in [0.4, 0.5) is 14.5 Å². The molecule has 2 aliphatic rings. The molecule has 4 rings (SSSR count). The molecular formula is C18H17F2N4O2S+. The van der Waals surface area contributed by atoms with Crippen molar-refractivity contribution in [2.45, 2.75) is 5.54 Å². The Hall–Kier alpha value is -2.52. The van der Waals surface area contributed by atoms with Crippen LogP contribution in [0.2, 0.25) is 0 Å². The number of anilines is 1. The Bertz CT molecular complexity index is 922. The van der Waals surface area contributed by atoms with Gasteiger partial charge in [-0.05, 0) is 42.1 Å². The lowest BCUT2D eigenvalue weighted by atomic mass is 9.81. The molecule has 0 unspecified atom stereocenters. The summed E-state index contributed by atoms with van der Waals surface area (Å²) >= 11 is 1.48. The first-order chi connectivity index (χ1) is 13.0. The first-order valence-corrected chi connectivity index (χ1v) is 9.30. The van der Waals surface area contributed by atoms with Crippen molar-refractivity contribution in [1.29, 1.82) is 0 Å². The van der Waals surface area contributed by atoms with Gasteiger partial charge in [-0.2, -0.15) is 0 Å². The first kappa shape index (κ1) is 17.9. The molecule has 0 radical (unpaired) electrons. The molecule has 1 aromatic heterocycles. The van der Waals surface area contributed by atoms with Crippen LogP contribution < -0.4 is 16.0 Å². The average molecular weight is 391 g/mol. The fourth-order valence-electron chi connectivity index (χ4n) is 3.41. The van der Waals surface area contributed by atoms with Gasteiger partial charge in [0, 0.05) is 22.9 Å². The lowest BCUT2D eigenvalue weighted by Gasteiger charge is -2.31. The molecule has 0 bridgehead atoms. The highest BCUT2D eigenvalue weighted by Crippen LogP contribution is 2.37. The van der Waals surface area contributed by atoms with E-state index in [-0.39, 0.29) is 18.2 Å². The van der Waals surface area contributed by atoms with Gasteiger partial charge in [-0.25, -0.2) is 13.8 Å². The SMILES string of the molecule is NC1=[NH+][C@@]2(c3cc(NC(=O)c4ccc(F)cn4)ccc3F)COC[C@H]2CS1. The van der Waals surface area contributed by atoms with Gasteiger partial charge in [0.05, 0.1) is 19.4 Å². The van der Waals surface area contributed by atoms with E-state index in [9.17, 15) is 13.6 Å². The van der Waals surface area contributed by atoms with E-state index >= 15 is 0 Å². The maximum atomic E-state index is 14.7. The molecule has 1 aromatic carbocycles. The zero-order valence-electron chi connectivity index (χ0n) is 14.2. The summed E-state index contributed by atoms with van der Waals surface area (Å²) in [5, 5.41) is 3.18. The second-order valence-electron chi connectivity index (χ2n) is 6.49. The van der Waals surface area contributed by atoms with Gasteiger partial charge in [0.1, 0.15) is 17.3 Å². The second-order valence-corrected chi connectivity index (χ2v) is 7.56. The van der Waals surface area contributed by atoms with Crippen LogP contribution in [-0.4, -0.2) is 35.0 Å². The third-order valence-corrected chi connectivity index (χ3v) is 5.78. The number of benzene rings is 1. The number of nitrogens with zero attached hydrogens (tertiary/aromatic N) is 1. The number of nitrogens with two attached hydrogens (primary N) is 1. The molecule has 1 amide bonds. The number of nitrogens with one attached hydrogen (secondary N) is 2. The topological polar surface area (TPSA) is 91.2 Å². The number of fused-ring (bicyclic) bond motifs is 1. The van der Waals surface area contributed by atoms with E-state index in [1.165, 1.54) is 30.0 Å². The van der Waals surface area contributed by atoms with Crippen molar-refractivity contribution in [3.8, 4) is 0 Å². The molecule has 6 nitrogen and oxygen atoms in total. The number of thioether (sulfide) groups is 1. The van der Waals surface area contributed by atoms with Crippen LogP contribution in [0.1, 0.15) is 16.1 Å². The van der Waals surface area contributed by atoms with Crippen molar-refractivity contribution >= 4 is 28.5 Å². The molecule has 0 aliphatic carbocycles. The van der Waals surface area contributed by atoms with Gasteiger partial charge >= 0.3 is 5.17 Å². The van der Waals surface area contributed by atoms with E-state index in [1.807, 2.05) is 0 Å². The molecule has 140 valence electrons. The van der Waals surface area contributed by atoms with Gasteiger partial charge in [-0.3, -0.25) is 15.5 Å². The Kier molecular flexibility index (Phi) is 4.56. The Morgan fingerprint density at radius 1 is 1.37 bits per heavy atom. The van der Waals surface area contributed by atoms with Crippen LogP contribution in [0.15, 0.2) is 36.5 Å². The summed E-state index contributed by atoms with van der Waals surface area (Å²) in [7, 11) is 0. The number of hydrogen-bond donors (Lipinski definition) is 3. The molecule has 2 aromatic rings. The maximum absolute atomic E-state index is 14.7. The monoisotopic (exact) mass is 391 g/mol. The van der Waals surface area contributed by atoms with Crippen LogP contribution >= 0.6 is 11.8 Å². The average Bonchev–Trinajstić information content (AvgIpc) is 3.07. The quantitative estimate of drug-likeness (QED) is 0.713. The number of ether oxygens (including phenoxy) is 1. The highest BCUT2D eigenvalue weighted by molar-refractivity contribution is 8.13. The number of carbonyl (C=O) groups excluding carboxylic acids is 1. The first-order valence-electron chi connectivity index (χ1n) is 8.32. The summed E-state index contributed by atoms with van der Waals surface area (Å²) in [5.74, 6) is -0.682. The van der Waals surface area contributed by atoms with Crippen LogP contribution in [0.3, 0.4) is 0 Å². The van der Waals surface area contributed by atoms with Crippen molar-refractivity contribution in [2.24, 2.45) is 11.7 Å². The van der Waals surface area contributed by atoms with Gasteiger partial charge < -0.3 is 10.1 Å². The molecule has 4 N–H and O–H groups in total. The summed E-state index contributed by atoms with van der Waals surface area (Å²) in [5.41, 5.74) is 6.04. The van der Waals surface area contributed by atoms with Gasteiger partial charge in [0.2, 0.25) is 0 Å². The van der Waals surface area contributed by atoms with Crippen molar-refractivity contribution in [3.05, 3.63) is 59.4 Å². The standard InChI is InChI=1S/C18H16F2N4O2S/c19-11-1-4-15(22-6-11)16(25)23-12-2-3-14(20)13(5-12)18-9-26-7-10(18)8-27-17(21)24-18/h1-6,10H,7-9H2,(H2,21,24)(H,23,25)/p+1/t10-,18-/m0/s1. The van der Waals surface area contributed by atoms with Crippen LogP contribution in [0.25, 0.3) is 0 Å². The fourth-order valence-corrected chi connectivity index (χ4v) is 4.43. The largest absolute Gasteiger partial charge is 0.376 e. The van der Waals surface area contributed by atoms with Crippen LogP contribution in [0.5, 0.6) is 0 Å². The van der Waals surface area contributed by atoms with Crippen molar-refractivity contribution in [3.63, 3.8) is 0 Å². The van der Waals surface area contributed by atoms with Crippen molar-refractivity contribution in [1.82, 2.24) is 4.98 Å². The lowest BCUT2D eigenvalue weighted by Crippen LogP contribution is -2.90. The van der Waals surface area contributed by atoms with Gasteiger partial charge in [0.25, 0.3) is 5.91 Å². The zero-order chi connectivity index (χ0) is 19.0. The molecule has 0 saturated carbocycles. The summed E-state index contributed by atoms with van der Waals surface area (Å²) in [6, 6.07) is 6.78. The van der Waals surface area contributed by atoms with E-state index in [4.69, 9.17) is 10.5 Å². The van der Waals surface area contributed by atoms with E-state index in [0.29, 0.717) is 28.8 Å². The number of amidine groups is 1. The van der Waals surface area contributed by atoms with Gasteiger partial charge in [-0.15, -0.1) is 0 Å². The molecule has 9 heteroatoms. The predicted molar refractivity (Wildman–Crippen MR) is 97.2 cm³/mol. The van der Waals surface area contributed by atoms with E-state index in [0.717, 1.165) is 12.3 Å². The number of aromatic nitrogens is 1. The Labute approximate surface area is 158 Å². The minimum atomic E-state index is -0.770. The number of hydrogen-bond acceptors (Lipinski definition) is 5. The third-order valence-electron chi connectivity index (χ3n) is 4.80. The maximum Gasteiger partial charge on any atom is 0.302 e. The molecule has 0 spiro atoms. The number of rotatable bonds is 3. The summed E-state index contributed by atoms with van der Waals surface area (Å²) in [4.78, 5) is 19.3. The zero-order valence-corrected chi connectivity index (χ0v) is 15.0.